The van der Waals surface area contributed by atoms with E-state index in [0.29, 0.717) is 0 Å². The number of nitrogens with zero attached hydrogens (tertiary/aromatic N) is 2. The summed E-state index contributed by atoms with van der Waals surface area (Å²) in [6.07, 6.45) is 0.911. The lowest BCUT2D eigenvalue weighted by Gasteiger charge is -2.13. The fraction of sp³-hybridized carbons (Fsp3) is 0.412. The van der Waals surface area contributed by atoms with Crippen molar-refractivity contribution in [3.63, 3.8) is 0 Å². The lowest BCUT2D eigenvalue weighted by molar-refractivity contribution is 0.784. The fourth-order valence-electron chi connectivity index (χ4n) is 2.28. The molecule has 0 spiro atoms. The van der Waals surface area contributed by atoms with E-state index in [2.05, 4.69) is 58.0 Å². The molecule has 22 heavy (non-hydrogen) atoms. The summed E-state index contributed by atoms with van der Waals surface area (Å²) in [5, 5.41) is 9.92. The topological polar surface area (TPSA) is 49.3 Å². The number of aliphatic imine (C=N–C) groups is 1. The Kier molecular flexibility index (Phi) is 5.95. The molecule has 0 aliphatic heterocycles. The maximum absolute atomic E-state index is 4.47. The molecule has 2 aromatic rings. The van der Waals surface area contributed by atoms with E-state index < -0.39 is 0 Å². The molecule has 118 valence electrons. The number of rotatable bonds is 5. The van der Waals surface area contributed by atoms with Crippen molar-refractivity contribution in [1.29, 1.82) is 0 Å². The van der Waals surface area contributed by atoms with Crippen molar-refractivity contribution in [3.8, 4) is 0 Å². The van der Waals surface area contributed by atoms with Crippen LogP contribution in [0.2, 0.25) is 0 Å². The number of thiazole rings is 1. The SMILES string of the molecule is CN=C(NCCc1csc(C)n1)NCc1ccc(C)cc1C. The molecule has 0 aliphatic carbocycles. The maximum Gasteiger partial charge on any atom is 0.191 e. The predicted octanol–water partition coefficient (Wildman–Crippen LogP) is 2.98. The van der Waals surface area contributed by atoms with Gasteiger partial charge in [0.1, 0.15) is 0 Å². The lowest BCUT2D eigenvalue weighted by atomic mass is 10.1. The van der Waals surface area contributed by atoms with Crippen LogP contribution >= 0.6 is 11.3 Å². The Bertz CT molecular complexity index is 646. The van der Waals surface area contributed by atoms with E-state index in [1.807, 2.05) is 6.92 Å². The van der Waals surface area contributed by atoms with E-state index in [1.165, 1.54) is 16.7 Å². The average molecular weight is 316 g/mol. The minimum absolute atomic E-state index is 0.779. The third kappa shape index (κ3) is 4.84. The van der Waals surface area contributed by atoms with Gasteiger partial charge in [-0.25, -0.2) is 4.98 Å². The number of aromatic nitrogens is 1. The van der Waals surface area contributed by atoms with Gasteiger partial charge in [0, 0.05) is 31.9 Å². The van der Waals surface area contributed by atoms with E-state index in [9.17, 15) is 0 Å². The van der Waals surface area contributed by atoms with Gasteiger partial charge in [0.2, 0.25) is 0 Å². The summed E-state index contributed by atoms with van der Waals surface area (Å²) in [6.45, 7) is 7.90. The highest BCUT2D eigenvalue weighted by Crippen LogP contribution is 2.10. The van der Waals surface area contributed by atoms with Crippen LogP contribution in [0.1, 0.15) is 27.4 Å². The summed E-state index contributed by atoms with van der Waals surface area (Å²) in [4.78, 5) is 8.73. The lowest BCUT2D eigenvalue weighted by Crippen LogP contribution is -2.38. The van der Waals surface area contributed by atoms with Crippen LogP contribution in [0.5, 0.6) is 0 Å². The van der Waals surface area contributed by atoms with Crippen molar-refractivity contribution >= 4 is 17.3 Å². The van der Waals surface area contributed by atoms with Crippen LogP contribution in [-0.4, -0.2) is 24.5 Å². The van der Waals surface area contributed by atoms with Crippen LogP contribution in [0.3, 0.4) is 0 Å². The Labute approximate surface area is 136 Å². The predicted molar refractivity (Wildman–Crippen MR) is 94.7 cm³/mol. The molecule has 0 bridgehead atoms. The first-order chi connectivity index (χ1) is 10.6. The Morgan fingerprint density at radius 1 is 1.23 bits per heavy atom. The van der Waals surface area contributed by atoms with Gasteiger partial charge in [-0.15, -0.1) is 11.3 Å². The van der Waals surface area contributed by atoms with Gasteiger partial charge in [0.25, 0.3) is 0 Å². The Balaban J connectivity index is 1.80. The highest BCUT2D eigenvalue weighted by Gasteiger charge is 2.02. The molecule has 1 heterocycles. The van der Waals surface area contributed by atoms with E-state index in [1.54, 1.807) is 18.4 Å². The zero-order valence-corrected chi connectivity index (χ0v) is 14.5. The van der Waals surface area contributed by atoms with Gasteiger partial charge in [-0.2, -0.15) is 0 Å². The van der Waals surface area contributed by atoms with Crippen molar-refractivity contribution in [2.45, 2.75) is 33.7 Å². The molecule has 0 saturated heterocycles. The number of nitrogens with one attached hydrogen (secondary N) is 2. The number of hydrogen-bond donors (Lipinski definition) is 2. The second-order valence-corrected chi connectivity index (χ2v) is 6.45. The number of guanidine groups is 1. The van der Waals surface area contributed by atoms with Gasteiger partial charge in [0.15, 0.2) is 5.96 Å². The first-order valence-corrected chi connectivity index (χ1v) is 8.38. The first kappa shape index (κ1) is 16.5. The molecule has 0 aliphatic rings. The van der Waals surface area contributed by atoms with Crippen LogP contribution in [0.15, 0.2) is 28.6 Å². The standard InChI is InChI=1S/C17H24N4S/c1-12-5-6-15(13(2)9-12)10-20-17(18-4)19-8-7-16-11-22-14(3)21-16/h5-6,9,11H,7-8,10H2,1-4H3,(H2,18,19,20). The number of benzene rings is 1. The second kappa shape index (κ2) is 7.94. The third-order valence-corrected chi connectivity index (χ3v) is 4.33. The molecule has 2 N–H and O–H groups in total. The molecule has 0 amide bonds. The van der Waals surface area contributed by atoms with Crippen LogP contribution in [-0.2, 0) is 13.0 Å². The smallest absolute Gasteiger partial charge is 0.191 e. The molecule has 0 saturated carbocycles. The van der Waals surface area contributed by atoms with Gasteiger partial charge >= 0.3 is 0 Å². The minimum atomic E-state index is 0.779. The number of aryl methyl sites for hydroxylation is 3. The maximum atomic E-state index is 4.47. The normalized spacial score (nSPS) is 11.5. The first-order valence-electron chi connectivity index (χ1n) is 7.50. The summed E-state index contributed by atoms with van der Waals surface area (Å²) in [5.74, 6) is 0.826. The molecule has 0 atom stereocenters. The third-order valence-electron chi connectivity index (χ3n) is 3.51. The monoisotopic (exact) mass is 316 g/mol. The van der Waals surface area contributed by atoms with Crippen LogP contribution in [0.25, 0.3) is 0 Å². The van der Waals surface area contributed by atoms with E-state index in [0.717, 1.165) is 36.2 Å². The number of hydrogen-bond acceptors (Lipinski definition) is 3. The van der Waals surface area contributed by atoms with Gasteiger partial charge in [-0.3, -0.25) is 4.99 Å². The molecule has 5 heteroatoms. The second-order valence-electron chi connectivity index (χ2n) is 5.39. The molecule has 2 rings (SSSR count). The molecule has 1 aromatic heterocycles. The minimum Gasteiger partial charge on any atom is -0.356 e. The van der Waals surface area contributed by atoms with Gasteiger partial charge in [-0.1, -0.05) is 23.8 Å². The van der Waals surface area contributed by atoms with Gasteiger partial charge in [0.05, 0.1) is 10.7 Å². The highest BCUT2D eigenvalue weighted by molar-refractivity contribution is 7.09. The zero-order valence-electron chi connectivity index (χ0n) is 13.7. The van der Waals surface area contributed by atoms with Crippen LogP contribution < -0.4 is 10.6 Å². The summed E-state index contributed by atoms with van der Waals surface area (Å²) in [6, 6.07) is 6.52. The van der Waals surface area contributed by atoms with Gasteiger partial charge in [-0.05, 0) is 31.9 Å². The van der Waals surface area contributed by atoms with Crippen LogP contribution in [0.4, 0.5) is 0 Å². The molecular formula is C17H24N4S. The summed E-state index contributed by atoms with van der Waals surface area (Å²) in [5.41, 5.74) is 5.03. The molecule has 0 radical (unpaired) electrons. The Morgan fingerprint density at radius 2 is 2.05 bits per heavy atom. The quantitative estimate of drug-likeness (QED) is 0.658. The molecule has 1 aromatic carbocycles. The van der Waals surface area contributed by atoms with Crippen molar-refractivity contribution < 1.29 is 0 Å². The van der Waals surface area contributed by atoms with Crippen molar-refractivity contribution in [1.82, 2.24) is 15.6 Å². The molecule has 0 unspecified atom stereocenters. The van der Waals surface area contributed by atoms with E-state index in [-0.39, 0.29) is 0 Å². The Hall–Kier alpha value is -1.88. The van der Waals surface area contributed by atoms with Gasteiger partial charge < -0.3 is 10.6 Å². The molecule has 4 nitrogen and oxygen atoms in total. The summed E-state index contributed by atoms with van der Waals surface area (Å²) < 4.78 is 0. The molecule has 0 fully saturated rings. The summed E-state index contributed by atoms with van der Waals surface area (Å²) >= 11 is 1.69. The van der Waals surface area contributed by atoms with E-state index >= 15 is 0 Å². The average Bonchev–Trinajstić information content (AvgIpc) is 2.89. The van der Waals surface area contributed by atoms with Crippen molar-refractivity contribution in [2.24, 2.45) is 4.99 Å². The largest absolute Gasteiger partial charge is 0.356 e. The van der Waals surface area contributed by atoms with Crippen molar-refractivity contribution in [2.75, 3.05) is 13.6 Å². The molecular weight excluding hydrogens is 292 g/mol. The zero-order chi connectivity index (χ0) is 15.9. The Morgan fingerprint density at radius 3 is 2.68 bits per heavy atom. The fourth-order valence-corrected chi connectivity index (χ4v) is 2.92. The van der Waals surface area contributed by atoms with Crippen LogP contribution in [0, 0.1) is 20.8 Å². The van der Waals surface area contributed by atoms with Crippen molar-refractivity contribution in [3.05, 3.63) is 51.0 Å². The summed E-state index contributed by atoms with van der Waals surface area (Å²) in [7, 11) is 1.80. The van der Waals surface area contributed by atoms with E-state index in [4.69, 9.17) is 0 Å². The highest BCUT2D eigenvalue weighted by atomic mass is 32.1.